The van der Waals surface area contributed by atoms with E-state index in [1.54, 1.807) is 6.33 Å². The lowest BCUT2D eigenvalue weighted by Gasteiger charge is -2.18. The van der Waals surface area contributed by atoms with Crippen molar-refractivity contribution in [2.45, 2.75) is 25.1 Å². The van der Waals surface area contributed by atoms with Crippen molar-refractivity contribution in [2.75, 3.05) is 12.3 Å². The molecular formula is C9H15N3O2S. The maximum atomic E-state index is 11.5. The molecule has 2 heterocycles. The van der Waals surface area contributed by atoms with E-state index < -0.39 is 9.84 Å². The summed E-state index contributed by atoms with van der Waals surface area (Å²) >= 11 is 0. The molecule has 1 aromatic rings. The van der Waals surface area contributed by atoms with E-state index in [1.165, 1.54) is 0 Å². The molecule has 1 aromatic heterocycles. The third-order valence-electron chi connectivity index (χ3n) is 2.81. The van der Waals surface area contributed by atoms with Gasteiger partial charge in [0.25, 0.3) is 0 Å². The number of hydrogen-bond acceptors (Lipinski definition) is 4. The number of hydrogen-bond donors (Lipinski definition) is 1. The van der Waals surface area contributed by atoms with Gasteiger partial charge < -0.3 is 10.3 Å². The maximum absolute atomic E-state index is 11.5. The van der Waals surface area contributed by atoms with Crippen molar-refractivity contribution in [1.29, 1.82) is 0 Å². The van der Waals surface area contributed by atoms with E-state index in [2.05, 4.69) is 4.98 Å². The highest BCUT2D eigenvalue weighted by molar-refractivity contribution is 7.90. The molecule has 0 aromatic carbocycles. The van der Waals surface area contributed by atoms with Crippen molar-refractivity contribution in [3.8, 4) is 0 Å². The predicted octanol–water partition coefficient (Wildman–Crippen LogP) is -0.126. The molecule has 15 heavy (non-hydrogen) atoms. The topological polar surface area (TPSA) is 78.0 Å². The van der Waals surface area contributed by atoms with E-state index >= 15 is 0 Å². The minimum absolute atomic E-state index is 0.104. The number of nitrogens with zero attached hydrogens (tertiary/aromatic N) is 2. The largest absolute Gasteiger partial charge is 0.329 e. The molecule has 84 valence electrons. The van der Waals surface area contributed by atoms with E-state index in [-0.39, 0.29) is 17.5 Å². The summed E-state index contributed by atoms with van der Waals surface area (Å²) in [4.78, 5) is 4.23. The maximum Gasteiger partial charge on any atom is 0.156 e. The highest BCUT2D eigenvalue weighted by Gasteiger charge is 2.26. The Morgan fingerprint density at radius 2 is 2.40 bits per heavy atom. The molecule has 2 N–H and O–H groups in total. The normalized spacial score (nSPS) is 20.9. The number of aryl methyl sites for hydroxylation is 1. The zero-order valence-electron chi connectivity index (χ0n) is 8.68. The zero-order valence-corrected chi connectivity index (χ0v) is 9.50. The van der Waals surface area contributed by atoms with Gasteiger partial charge >= 0.3 is 0 Å². The fourth-order valence-corrected chi connectivity index (χ4v) is 3.20. The van der Waals surface area contributed by atoms with Gasteiger partial charge in [0.1, 0.15) is 0 Å². The molecule has 0 aliphatic carbocycles. The molecule has 1 aliphatic heterocycles. The summed E-state index contributed by atoms with van der Waals surface area (Å²) < 4.78 is 24.9. The fourth-order valence-electron chi connectivity index (χ4n) is 1.82. The van der Waals surface area contributed by atoms with Gasteiger partial charge in [0.05, 0.1) is 29.2 Å². The third kappa shape index (κ3) is 1.91. The van der Waals surface area contributed by atoms with Gasteiger partial charge in [-0.25, -0.2) is 13.4 Å². The van der Waals surface area contributed by atoms with E-state index in [1.807, 2.05) is 11.5 Å². The molecule has 1 aliphatic rings. The van der Waals surface area contributed by atoms with Crippen LogP contribution < -0.4 is 5.73 Å². The minimum Gasteiger partial charge on any atom is -0.329 e. The summed E-state index contributed by atoms with van der Waals surface area (Å²) in [7, 11) is -2.93. The van der Waals surface area contributed by atoms with Crippen molar-refractivity contribution in [3.05, 3.63) is 17.7 Å². The Morgan fingerprint density at radius 1 is 1.67 bits per heavy atom. The first-order chi connectivity index (χ1) is 7.03. The standard InChI is InChI=1S/C9H15N3O2S/c1-7(4-10)12-6-11-8-2-3-15(13,14)5-9(8)12/h6-7H,2-5,10H2,1H3. The Morgan fingerprint density at radius 3 is 3.07 bits per heavy atom. The van der Waals surface area contributed by atoms with Gasteiger partial charge in [0.15, 0.2) is 9.84 Å². The van der Waals surface area contributed by atoms with E-state index in [0.717, 1.165) is 11.4 Å². The summed E-state index contributed by atoms with van der Waals surface area (Å²) in [5, 5.41) is 0. The second-order valence-corrected chi connectivity index (χ2v) is 6.16. The Kier molecular flexibility index (Phi) is 2.56. The smallest absolute Gasteiger partial charge is 0.156 e. The first kappa shape index (κ1) is 10.6. The van der Waals surface area contributed by atoms with Crippen LogP contribution in [-0.4, -0.2) is 30.3 Å². The molecule has 0 fully saturated rings. The van der Waals surface area contributed by atoms with E-state index in [0.29, 0.717) is 13.0 Å². The quantitative estimate of drug-likeness (QED) is 0.766. The number of imidazole rings is 1. The molecule has 6 heteroatoms. The molecule has 5 nitrogen and oxygen atoms in total. The Hall–Kier alpha value is -0.880. The molecule has 0 radical (unpaired) electrons. The van der Waals surface area contributed by atoms with Gasteiger partial charge in [-0.2, -0.15) is 0 Å². The van der Waals surface area contributed by atoms with Crippen molar-refractivity contribution in [3.63, 3.8) is 0 Å². The summed E-state index contributed by atoms with van der Waals surface area (Å²) in [6.07, 6.45) is 2.23. The number of aromatic nitrogens is 2. The average Bonchev–Trinajstić information content (AvgIpc) is 2.58. The minimum atomic E-state index is -2.93. The number of sulfone groups is 1. The molecule has 0 amide bonds. The highest BCUT2D eigenvalue weighted by atomic mass is 32.2. The van der Waals surface area contributed by atoms with Gasteiger partial charge in [-0.3, -0.25) is 0 Å². The molecule has 0 saturated heterocycles. The lowest BCUT2D eigenvalue weighted by atomic mass is 10.2. The van der Waals surface area contributed by atoms with Crippen LogP contribution >= 0.6 is 0 Å². The van der Waals surface area contributed by atoms with Gasteiger partial charge in [0, 0.05) is 19.0 Å². The summed E-state index contributed by atoms with van der Waals surface area (Å²) in [6.45, 7) is 2.45. The van der Waals surface area contributed by atoms with Crippen LogP contribution in [0.2, 0.25) is 0 Å². The molecule has 2 rings (SSSR count). The van der Waals surface area contributed by atoms with Crippen LogP contribution in [0.4, 0.5) is 0 Å². The second-order valence-electron chi connectivity index (χ2n) is 3.97. The van der Waals surface area contributed by atoms with Gasteiger partial charge in [-0.1, -0.05) is 0 Å². The summed E-state index contributed by atoms with van der Waals surface area (Å²) in [5.74, 6) is 0.320. The van der Waals surface area contributed by atoms with Crippen molar-refractivity contribution < 1.29 is 8.42 Å². The first-order valence-electron chi connectivity index (χ1n) is 4.98. The van der Waals surface area contributed by atoms with Gasteiger partial charge in [-0.05, 0) is 6.92 Å². The molecule has 0 spiro atoms. The third-order valence-corrected chi connectivity index (χ3v) is 4.34. The molecule has 1 atom stereocenters. The molecular weight excluding hydrogens is 214 g/mol. The van der Waals surface area contributed by atoms with Gasteiger partial charge in [0.2, 0.25) is 0 Å². The van der Waals surface area contributed by atoms with Crippen molar-refractivity contribution in [1.82, 2.24) is 9.55 Å². The lowest BCUT2D eigenvalue weighted by Crippen LogP contribution is -2.24. The van der Waals surface area contributed by atoms with Crippen LogP contribution in [0, 0.1) is 0 Å². The van der Waals surface area contributed by atoms with Crippen LogP contribution in [0.5, 0.6) is 0 Å². The second kappa shape index (κ2) is 3.61. The Labute approximate surface area is 89.2 Å². The van der Waals surface area contributed by atoms with Crippen LogP contribution in [0.3, 0.4) is 0 Å². The van der Waals surface area contributed by atoms with Gasteiger partial charge in [-0.15, -0.1) is 0 Å². The number of rotatable bonds is 2. The number of nitrogens with two attached hydrogens (primary N) is 1. The van der Waals surface area contributed by atoms with E-state index in [4.69, 9.17) is 5.73 Å². The highest BCUT2D eigenvalue weighted by Crippen LogP contribution is 2.22. The van der Waals surface area contributed by atoms with Crippen LogP contribution in [-0.2, 0) is 22.0 Å². The fraction of sp³-hybridized carbons (Fsp3) is 0.667. The summed E-state index contributed by atoms with van der Waals surface area (Å²) in [5.41, 5.74) is 7.29. The monoisotopic (exact) mass is 229 g/mol. The van der Waals surface area contributed by atoms with E-state index in [9.17, 15) is 8.42 Å². The molecule has 0 bridgehead atoms. The van der Waals surface area contributed by atoms with Crippen molar-refractivity contribution in [2.24, 2.45) is 5.73 Å². The Balaban J connectivity index is 2.42. The predicted molar refractivity (Wildman–Crippen MR) is 57.2 cm³/mol. The van der Waals surface area contributed by atoms with Crippen LogP contribution in [0.25, 0.3) is 0 Å². The SMILES string of the molecule is CC(CN)n1cnc2c1CS(=O)(=O)CC2. The zero-order chi connectivity index (χ0) is 11.1. The number of fused-ring (bicyclic) bond motifs is 1. The lowest BCUT2D eigenvalue weighted by molar-refractivity contribution is 0.536. The van der Waals surface area contributed by atoms with Crippen LogP contribution in [0.15, 0.2) is 6.33 Å². The van der Waals surface area contributed by atoms with Crippen LogP contribution in [0.1, 0.15) is 24.4 Å². The molecule has 0 saturated carbocycles. The Bertz CT molecular complexity index is 464. The first-order valence-corrected chi connectivity index (χ1v) is 6.80. The van der Waals surface area contributed by atoms with Crippen molar-refractivity contribution >= 4 is 9.84 Å². The molecule has 1 unspecified atom stereocenters. The summed E-state index contributed by atoms with van der Waals surface area (Å²) in [6, 6.07) is 0.106. The average molecular weight is 229 g/mol.